The first-order chi connectivity index (χ1) is 8.99. The molecule has 1 aromatic rings. The molecule has 1 aromatic carbocycles. The van der Waals surface area contributed by atoms with Crippen LogP contribution in [-0.2, 0) is 16.0 Å². The van der Waals surface area contributed by atoms with E-state index >= 15 is 0 Å². The van der Waals surface area contributed by atoms with Gasteiger partial charge in [0, 0.05) is 0 Å². The predicted molar refractivity (Wildman–Crippen MR) is 75.3 cm³/mol. The molecule has 0 heterocycles. The number of carbonyl (C=O) groups is 1. The highest BCUT2D eigenvalue weighted by Gasteiger charge is 2.17. The van der Waals surface area contributed by atoms with Gasteiger partial charge in [-0.3, -0.25) is 4.79 Å². The average molecular weight is 332 g/mol. The number of esters is 1. The molecule has 0 aliphatic carbocycles. The van der Waals surface area contributed by atoms with Gasteiger partial charge in [-0.2, -0.15) is 0 Å². The van der Waals surface area contributed by atoms with Crippen molar-refractivity contribution in [1.29, 1.82) is 0 Å². The van der Waals surface area contributed by atoms with Gasteiger partial charge in [-0.05, 0) is 53.9 Å². The van der Waals surface area contributed by atoms with Crippen molar-refractivity contribution in [2.24, 2.45) is 5.73 Å². The number of nitrogens with two attached hydrogens (primary N) is 1. The lowest BCUT2D eigenvalue weighted by Crippen LogP contribution is -2.34. The molecule has 0 aliphatic rings. The molecule has 3 N–H and O–H groups in total. The number of aromatic hydroxyl groups is 1. The Hall–Kier alpha value is -1.27. The molecule has 0 saturated heterocycles. The van der Waals surface area contributed by atoms with Gasteiger partial charge in [-0.25, -0.2) is 0 Å². The third-order valence-corrected chi connectivity index (χ3v) is 3.04. The van der Waals surface area contributed by atoms with Crippen LogP contribution in [0.2, 0.25) is 0 Å². The second-order valence-electron chi connectivity index (χ2n) is 3.92. The Bertz CT molecular complexity index is 451. The minimum absolute atomic E-state index is 0.0373. The highest BCUT2D eigenvalue weighted by Crippen LogP contribution is 2.35. The number of ether oxygens (including phenoxy) is 2. The summed E-state index contributed by atoms with van der Waals surface area (Å²) in [6.45, 7) is 4.29. The molecular formula is C13H18BrNO4. The molecule has 0 spiro atoms. The standard InChI is InChI=1S/C13H18BrNO4/c1-3-18-11-7-8(5-9(14)12(11)16)6-10(15)13(17)19-4-2/h5,7,10,16H,3-4,6,15H2,1-2H3. The molecule has 0 saturated carbocycles. The maximum absolute atomic E-state index is 11.5. The number of benzene rings is 1. The van der Waals surface area contributed by atoms with E-state index in [1.54, 1.807) is 19.1 Å². The maximum atomic E-state index is 11.5. The van der Waals surface area contributed by atoms with E-state index in [4.69, 9.17) is 15.2 Å². The third kappa shape index (κ3) is 4.40. The number of hydrogen-bond acceptors (Lipinski definition) is 5. The van der Waals surface area contributed by atoms with Crippen LogP contribution in [0.3, 0.4) is 0 Å². The summed E-state index contributed by atoms with van der Waals surface area (Å²) in [4.78, 5) is 11.5. The molecule has 0 fully saturated rings. The van der Waals surface area contributed by atoms with Crippen LogP contribution in [0.1, 0.15) is 19.4 Å². The van der Waals surface area contributed by atoms with Gasteiger partial charge >= 0.3 is 5.97 Å². The van der Waals surface area contributed by atoms with Gasteiger partial charge in [0.05, 0.1) is 17.7 Å². The quantitative estimate of drug-likeness (QED) is 0.779. The van der Waals surface area contributed by atoms with Gasteiger partial charge in [-0.1, -0.05) is 0 Å². The van der Waals surface area contributed by atoms with Crippen LogP contribution >= 0.6 is 15.9 Å². The summed E-state index contributed by atoms with van der Waals surface area (Å²) in [6, 6.07) is 2.64. The van der Waals surface area contributed by atoms with E-state index in [1.165, 1.54) is 0 Å². The van der Waals surface area contributed by atoms with Crippen molar-refractivity contribution in [3.63, 3.8) is 0 Å². The summed E-state index contributed by atoms with van der Waals surface area (Å²) in [5, 5.41) is 9.79. The Morgan fingerprint density at radius 1 is 1.42 bits per heavy atom. The van der Waals surface area contributed by atoms with E-state index in [2.05, 4.69) is 15.9 Å². The van der Waals surface area contributed by atoms with E-state index in [1.807, 2.05) is 6.92 Å². The van der Waals surface area contributed by atoms with Gasteiger partial charge in [0.1, 0.15) is 6.04 Å². The fourth-order valence-corrected chi connectivity index (χ4v) is 2.09. The number of phenols is 1. The van der Waals surface area contributed by atoms with E-state index in [-0.39, 0.29) is 5.75 Å². The van der Waals surface area contributed by atoms with Crippen molar-refractivity contribution in [3.8, 4) is 11.5 Å². The zero-order valence-electron chi connectivity index (χ0n) is 11.0. The van der Waals surface area contributed by atoms with Crippen molar-refractivity contribution in [3.05, 3.63) is 22.2 Å². The second-order valence-corrected chi connectivity index (χ2v) is 4.77. The fourth-order valence-electron chi connectivity index (χ4n) is 1.60. The Labute approximate surface area is 120 Å². The largest absolute Gasteiger partial charge is 0.503 e. The van der Waals surface area contributed by atoms with Gasteiger partial charge in [0.15, 0.2) is 11.5 Å². The SMILES string of the molecule is CCOC(=O)C(N)Cc1cc(Br)c(O)c(OCC)c1. The van der Waals surface area contributed by atoms with E-state index in [0.717, 1.165) is 5.56 Å². The van der Waals surface area contributed by atoms with Crippen molar-refractivity contribution in [1.82, 2.24) is 0 Å². The molecule has 6 heteroatoms. The molecule has 0 radical (unpaired) electrons. The van der Waals surface area contributed by atoms with Crippen molar-refractivity contribution >= 4 is 21.9 Å². The zero-order valence-corrected chi connectivity index (χ0v) is 12.6. The molecule has 0 amide bonds. The van der Waals surface area contributed by atoms with Gasteiger partial charge < -0.3 is 20.3 Å². The Morgan fingerprint density at radius 3 is 2.68 bits per heavy atom. The van der Waals surface area contributed by atoms with E-state index in [9.17, 15) is 9.90 Å². The summed E-state index contributed by atoms with van der Waals surface area (Å²) in [6.07, 6.45) is 0.317. The normalized spacial score (nSPS) is 12.0. The van der Waals surface area contributed by atoms with Crippen molar-refractivity contribution in [2.75, 3.05) is 13.2 Å². The Balaban J connectivity index is 2.86. The van der Waals surface area contributed by atoms with E-state index in [0.29, 0.717) is 29.9 Å². The number of carbonyl (C=O) groups excluding carboxylic acids is 1. The molecule has 1 rings (SSSR count). The number of phenolic OH excluding ortho intramolecular Hbond substituents is 1. The van der Waals surface area contributed by atoms with Crippen molar-refractivity contribution < 1.29 is 19.4 Å². The molecule has 5 nitrogen and oxygen atoms in total. The molecule has 1 atom stereocenters. The fraction of sp³-hybridized carbons (Fsp3) is 0.462. The Kier molecular flexibility index (Phi) is 6.11. The topological polar surface area (TPSA) is 81.8 Å². The Morgan fingerprint density at radius 2 is 2.11 bits per heavy atom. The molecule has 0 bridgehead atoms. The monoisotopic (exact) mass is 331 g/mol. The molecular weight excluding hydrogens is 314 g/mol. The summed E-state index contributed by atoms with van der Waals surface area (Å²) >= 11 is 3.24. The minimum atomic E-state index is -0.731. The lowest BCUT2D eigenvalue weighted by molar-refractivity contribution is -0.144. The van der Waals surface area contributed by atoms with Gasteiger partial charge in [0.25, 0.3) is 0 Å². The molecule has 1 unspecified atom stereocenters. The number of rotatable bonds is 6. The lowest BCUT2D eigenvalue weighted by atomic mass is 10.1. The number of hydrogen-bond donors (Lipinski definition) is 2. The highest BCUT2D eigenvalue weighted by atomic mass is 79.9. The molecule has 106 valence electrons. The second kappa shape index (κ2) is 7.35. The van der Waals surface area contributed by atoms with Crippen LogP contribution < -0.4 is 10.5 Å². The summed E-state index contributed by atoms with van der Waals surface area (Å²) in [5.74, 6) is -0.0390. The smallest absolute Gasteiger partial charge is 0.323 e. The molecule has 19 heavy (non-hydrogen) atoms. The zero-order chi connectivity index (χ0) is 14.4. The molecule has 0 aromatic heterocycles. The summed E-state index contributed by atoms with van der Waals surface area (Å²) in [7, 11) is 0. The van der Waals surface area contributed by atoms with E-state index < -0.39 is 12.0 Å². The summed E-state index contributed by atoms with van der Waals surface area (Å²) < 4.78 is 10.7. The van der Waals surface area contributed by atoms with Crippen LogP contribution in [0.25, 0.3) is 0 Å². The lowest BCUT2D eigenvalue weighted by Gasteiger charge is -2.13. The van der Waals surface area contributed by atoms with Crippen LogP contribution in [-0.4, -0.2) is 30.3 Å². The first kappa shape index (κ1) is 15.8. The maximum Gasteiger partial charge on any atom is 0.323 e. The van der Waals surface area contributed by atoms with Crippen LogP contribution in [0.5, 0.6) is 11.5 Å². The molecule has 0 aliphatic heterocycles. The highest BCUT2D eigenvalue weighted by molar-refractivity contribution is 9.10. The average Bonchev–Trinajstić information content (AvgIpc) is 2.35. The third-order valence-electron chi connectivity index (χ3n) is 2.43. The van der Waals surface area contributed by atoms with Gasteiger partial charge in [-0.15, -0.1) is 0 Å². The van der Waals surface area contributed by atoms with Crippen molar-refractivity contribution in [2.45, 2.75) is 26.3 Å². The number of halogens is 1. The van der Waals surface area contributed by atoms with Gasteiger partial charge in [0.2, 0.25) is 0 Å². The first-order valence-corrected chi connectivity index (χ1v) is 6.85. The van der Waals surface area contributed by atoms with Crippen LogP contribution in [0.4, 0.5) is 0 Å². The predicted octanol–water partition coefficient (Wildman–Crippen LogP) is 1.99. The summed E-state index contributed by atoms with van der Waals surface area (Å²) in [5.41, 5.74) is 6.54. The first-order valence-electron chi connectivity index (χ1n) is 6.06. The van der Waals surface area contributed by atoms with Crippen LogP contribution in [0.15, 0.2) is 16.6 Å². The van der Waals surface area contributed by atoms with Crippen LogP contribution in [0, 0.1) is 0 Å². The minimum Gasteiger partial charge on any atom is -0.503 e.